The number of ketones is 1. The first-order valence-corrected chi connectivity index (χ1v) is 6.11. The Hall–Kier alpha value is -0.680. The van der Waals surface area contributed by atoms with Crippen molar-refractivity contribution in [2.45, 2.75) is 12.8 Å². The van der Waals surface area contributed by atoms with E-state index in [4.69, 9.17) is 5.73 Å². The van der Waals surface area contributed by atoms with E-state index < -0.39 is 0 Å². The number of benzene rings is 1. The molecular weight excluding hydrogens is 348 g/mol. The van der Waals surface area contributed by atoms with Crippen molar-refractivity contribution in [1.82, 2.24) is 0 Å². The molecule has 1 aromatic rings. The summed E-state index contributed by atoms with van der Waals surface area (Å²) in [5, 5.41) is 0. The zero-order valence-electron chi connectivity index (χ0n) is 9.33. The van der Waals surface area contributed by atoms with E-state index >= 15 is 0 Å². The summed E-state index contributed by atoms with van der Waals surface area (Å²) >= 11 is 3.35. The molecule has 2 N–H and O–H groups in total. The van der Waals surface area contributed by atoms with Crippen LogP contribution in [0.5, 0.6) is 0 Å². The Kier molecular flexibility index (Phi) is 5.33. The van der Waals surface area contributed by atoms with Gasteiger partial charge in [-0.15, -0.1) is 0 Å². The number of amidine groups is 1. The van der Waals surface area contributed by atoms with Crippen molar-refractivity contribution in [2.24, 2.45) is 5.73 Å². The highest BCUT2D eigenvalue weighted by molar-refractivity contribution is 9.10. The van der Waals surface area contributed by atoms with E-state index in [9.17, 15) is 4.79 Å². The van der Waals surface area contributed by atoms with Crippen LogP contribution < -0.4 is 22.7 Å². The van der Waals surface area contributed by atoms with Crippen LogP contribution in [-0.2, 0) is 0 Å². The number of hydrogen-bond donors (Lipinski definition) is 1. The summed E-state index contributed by atoms with van der Waals surface area (Å²) in [7, 11) is 0. The molecule has 92 valence electrons. The Morgan fingerprint density at radius 1 is 1.35 bits per heavy atom. The van der Waals surface area contributed by atoms with Crippen molar-refractivity contribution in [3.8, 4) is 0 Å². The molecule has 1 heterocycles. The van der Waals surface area contributed by atoms with Crippen LogP contribution in [0.2, 0.25) is 0 Å². The van der Waals surface area contributed by atoms with Gasteiger partial charge in [-0.2, -0.15) is 0 Å². The summed E-state index contributed by atoms with van der Waals surface area (Å²) in [5.41, 5.74) is 6.55. The average molecular weight is 362 g/mol. The lowest BCUT2D eigenvalue weighted by Crippen LogP contribution is -3.00. The van der Waals surface area contributed by atoms with Crippen LogP contribution in [0.25, 0.3) is 0 Å². The molecule has 0 saturated heterocycles. The largest absolute Gasteiger partial charge is 1.00 e. The maximum absolute atomic E-state index is 11.9. The van der Waals surface area contributed by atoms with E-state index in [1.54, 1.807) is 0 Å². The fraction of sp³-hybridized carbons (Fsp3) is 0.333. The number of rotatable bonds is 3. The molecule has 0 atom stereocenters. The van der Waals surface area contributed by atoms with Crippen LogP contribution in [0, 0.1) is 0 Å². The Bertz CT molecular complexity index is 440. The normalized spacial score (nSPS) is 14.6. The van der Waals surface area contributed by atoms with Gasteiger partial charge in [-0.1, -0.05) is 28.1 Å². The Labute approximate surface area is 120 Å². The SMILES string of the molecule is NC1=[N+](CC(=O)c2ccc(Br)cc2)CCC1.[Br-]. The quantitative estimate of drug-likeness (QED) is 0.543. The summed E-state index contributed by atoms with van der Waals surface area (Å²) in [4.78, 5) is 11.9. The molecule has 0 bridgehead atoms. The third kappa shape index (κ3) is 3.64. The van der Waals surface area contributed by atoms with E-state index in [0.29, 0.717) is 6.54 Å². The highest BCUT2D eigenvalue weighted by atomic mass is 79.9. The Morgan fingerprint density at radius 3 is 2.53 bits per heavy atom. The van der Waals surface area contributed by atoms with Crippen molar-refractivity contribution in [2.75, 3.05) is 13.1 Å². The maximum Gasteiger partial charge on any atom is 0.243 e. The molecule has 0 amide bonds. The van der Waals surface area contributed by atoms with Crippen LogP contribution >= 0.6 is 15.9 Å². The van der Waals surface area contributed by atoms with Crippen LogP contribution in [0.4, 0.5) is 0 Å². The molecule has 1 aromatic carbocycles. The molecule has 0 unspecified atom stereocenters. The zero-order valence-corrected chi connectivity index (χ0v) is 12.5. The third-order valence-corrected chi connectivity index (χ3v) is 3.30. The van der Waals surface area contributed by atoms with Gasteiger partial charge in [0.2, 0.25) is 11.6 Å². The van der Waals surface area contributed by atoms with Gasteiger partial charge in [-0.05, 0) is 18.6 Å². The number of nitrogens with two attached hydrogens (primary N) is 1. The minimum atomic E-state index is 0. The minimum absolute atomic E-state index is 0. The molecular formula is C12H14Br2N2O. The summed E-state index contributed by atoms with van der Waals surface area (Å²) in [6.45, 7) is 1.29. The van der Waals surface area contributed by atoms with E-state index in [0.717, 1.165) is 35.3 Å². The van der Waals surface area contributed by atoms with Gasteiger partial charge in [0, 0.05) is 10.0 Å². The van der Waals surface area contributed by atoms with E-state index in [1.807, 2.05) is 28.8 Å². The lowest BCUT2D eigenvalue weighted by atomic mass is 10.1. The van der Waals surface area contributed by atoms with Gasteiger partial charge < -0.3 is 17.0 Å². The Balaban J connectivity index is 0.00000144. The standard InChI is InChI=1S/C12H13BrN2O.BrH/c13-10-5-3-9(4-6-10)11(16)8-15-7-1-2-12(15)14;/h3-6,14H,1-2,7-8H2;1H. The van der Waals surface area contributed by atoms with Gasteiger partial charge in [0.15, 0.2) is 0 Å². The second-order valence-electron chi connectivity index (χ2n) is 3.95. The highest BCUT2D eigenvalue weighted by Gasteiger charge is 2.19. The van der Waals surface area contributed by atoms with Crippen LogP contribution in [0.1, 0.15) is 23.2 Å². The van der Waals surface area contributed by atoms with E-state index in [2.05, 4.69) is 15.9 Å². The van der Waals surface area contributed by atoms with Crippen LogP contribution in [0.3, 0.4) is 0 Å². The summed E-state index contributed by atoms with van der Waals surface area (Å²) in [6, 6.07) is 7.42. The predicted molar refractivity (Wildman–Crippen MR) is 66.9 cm³/mol. The molecule has 0 spiro atoms. The molecule has 0 fully saturated rings. The summed E-state index contributed by atoms with van der Waals surface area (Å²) in [5.74, 6) is 0.961. The average Bonchev–Trinajstić information content (AvgIpc) is 2.65. The minimum Gasteiger partial charge on any atom is -1.00 e. The summed E-state index contributed by atoms with van der Waals surface area (Å²) < 4.78 is 2.95. The number of carbonyl (C=O) groups excluding carboxylic acids is 1. The first-order valence-electron chi connectivity index (χ1n) is 5.32. The van der Waals surface area contributed by atoms with Gasteiger partial charge in [0.25, 0.3) is 0 Å². The van der Waals surface area contributed by atoms with Gasteiger partial charge in [0.1, 0.15) is 6.54 Å². The van der Waals surface area contributed by atoms with Crippen molar-refractivity contribution < 1.29 is 26.4 Å². The molecule has 0 radical (unpaired) electrons. The summed E-state index contributed by atoms with van der Waals surface area (Å²) in [6.07, 6.45) is 1.97. The number of Topliss-reactive ketones (excluding diaryl/α,β-unsaturated/α-hetero) is 1. The molecule has 0 saturated carbocycles. The lowest BCUT2D eigenvalue weighted by Gasteiger charge is -2.03. The maximum atomic E-state index is 11.9. The molecule has 5 heteroatoms. The lowest BCUT2D eigenvalue weighted by molar-refractivity contribution is -0.507. The fourth-order valence-electron chi connectivity index (χ4n) is 1.83. The highest BCUT2D eigenvalue weighted by Crippen LogP contribution is 2.11. The first-order chi connectivity index (χ1) is 7.66. The number of nitrogens with zero attached hydrogens (tertiary/aromatic N) is 1. The molecule has 1 aliphatic rings. The third-order valence-electron chi connectivity index (χ3n) is 2.77. The topological polar surface area (TPSA) is 46.1 Å². The van der Waals surface area contributed by atoms with Crippen LogP contribution in [0.15, 0.2) is 28.7 Å². The number of carbonyl (C=O) groups is 1. The van der Waals surface area contributed by atoms with Gasteiger partial charge in [-0.3, -0.25) is 15.1 Å². The van der Waals surface area contributed by atoms with Gasteiger partial charge in [0.05, 0.1) is 13.0 Å². The van der Waals surface area contributed by atoms with Crippen LogP contribution in [-0.4, -0.2) is 29.3 Å². The molecule has 3 nitrogen and oxygen atoms in total. The van der Waals surface area contributed by atoms with Crippen molar-refractivity contribution in [1.29, 1.82) is 0 Å². The molecule has 1 aliphatic heterocycles. The van der Waals surface area contributed by atoms with Crippen molar-refractivity contribution >= 4 is 27.5 Å². The number of hydrogen-bond acceptors (Lipinski definition) is 2. The Morgan fingerprint density at radius 2 is 2.00 bits per heavy atom. The van der Waals surface area contributed by atoms with E-state index in [1.165, 1.54) is 0 Å². The first kappa shape index (κ1) is 14.4. The molecule has 17 heavy (non-hydrogen) atoms. The van der Waals surface area contributed by atoms with Crippen molar-refractivity contribution in [3.63, 3.8) is 0 Å². The fourth-order valence-corrected chi connectivity index (χ4v) is 2.10. The zero-order chi connectivity index (χ0) is 11.5. The molecule has 0 aliphatic carbocycles. The molecule has 2 rings (SSSR count). The second-order valence-corrected chi connectivity index (χ2v) is 4.86. The van der Waals surface area contributed by atoms with Crippen molar-refractivity contribution in [3.05, 3.63) is 34.3 Å². The predicted octanol–water partition coefficient (Wildman–Crippen LogP) is -1.20. The molecule has 0 aromatic heterocycles. The smallest absolute Gasteiger partial charge is 0.243 e. The van der Waals surface area contributed by atoms with Gasteiger partial charge >= 0.3 is 0 Å². The monoisotopic (exact) mass is 360 g/mol. The number of halogens is 2. The second kappa shape index (κ2) is 6.31. The van der Waals surface area contributed by atoms with E-state index in [-0.39, 0.29) is 22.8 Å². The van der Waals surface area contributed by atoms with Gasteiger partial charge in [-0.25, -0.2) is 0 Å².